The molecule has 3 aromatic heterocycles. The van der Waals surface area contributed by atoms with E-state index in [0.717, 1.165) is 12.5 Å². The number of alkyl halides is 5. The zero-order valence-corrected chi connectivity index (χ0v) is 15.3. The lowest BCUT2D eigenvalue weighted by Gasteiger charge is -2.28. The van der Waals surface area contributed by atoms with E-state index in [2.05, 4.69) is 9.97 Å². The number of hydrogen-bond acceptors (Lipinski definition) is 4. The van der Waals surface area contributed by atoms with Crippen molar-refractivity contribution >= 4 is 22.6 Å². The van der Waals surface area contributed by atoms with Crippen LogP contribution in [0.15, 0.2) is 24.4 Å². The van der Waals surface area contributed by atoms with E-state index in [1.54, 1.807) is 19.1 Å². The number of fused-ring (bicyclic) bond motifs is 3. The van der Waals surface area contributed by atoms with Crippen molar-refractivity contribution in [1.82, 2.24) is 14.4 Å². The van der Waals surface area contributed by atoms with Crippen molar-refractivity contribution in [3.8, 4) is 0 Å². The largest absolute Gasteiger partial charge is 0.461 e. The summed E-state index contributed by atoms with van der Waals surface area (Å²) in [5.41, 5.74) is -0.958. The predicted octanol–water partition coefficient (Wildman–Crippen LogP) is 4.98. The van der Waals surface area contributed by atoms with E-state index in [1.807, 2.05) is 0 Å². The van der Waals surface area contributed by atoms with Crippen molar-refractivity contribution in [2.45, 2.75) is 44.2 Å². The smallest absolute Gasteiger partial charge is 0.459 e. The number of rotatable bonds is 4. The molecule has 0 aromatic carbocycles. The van der Waals surface area contributed by atoms with Gasteiger partial charge in [0.1, 0.15) is 17.0 Å². The number of nitrogens with zero attached hydrogens (tertiary/aromatic N) is 3. The number of carbonyl (C=O) groups excluding carboxylic acids is 1. The van der Waals surface area contributed by atoms with Gasteiger partial charge in [-0.2, -0.15) is 22.0 Å². The van der Waals surface area contributed by atoms with Crippen LogP contribution in [0.5, 0.6) is 0 Å². The van der Waals surface area contributed by atoms with Gasteiger partial charge in [0.05, 0.1) is 6.61 Å². The highest BCUT2D eigenvalue weighted by atomic mass is 19.4. The fourth-order valence-electron chi connectivity index (χ4n) is 3.42. The van der Waals surface area contributed by atoms with Gasteiger partial charge in [-0.25, -0.2) is 14.8 Å². The Balaban J connectivity index is 1.99. The Kier molecular flexibility index (Phi) is 4.47. The molecule has 154 valence electrons. The van der Waals surface area contributed by atoms with Gasteiger partial charge in [-0.3, -0.25) is 4.40 Å². The zero-order chi connectivity index (χ0) is 21.0. The van der Waals surface area contributed by atoms with Crippen LogP contribution in [0.25, 0.3) is 16.7 Å². The molecule has 1 aliphatic carbocycles. The first kappa shape index (κ1) is 19.5. The Morgan fingerprint density at radius 1 is 1.21 bits per heavy atom. The van der Waals surface area contributed by atoms with Crippen LogP contribution in [0.2, 0.25) is 0 Å². The van der Waals surface area contributed by atoms with Crippen LogP contribution < -0.4 is 0 Å². The molecule has 3 heterocycles. The second-order valence-electron chi connectivity index (χ2n) is 6.94. The van der Waals surface area contributed by atoms with Crippen LogP contribution in [0, 0.1) is 0 Å². The Morgan fingerprint density at radius 3 is 2.52 bits per heavy atom. The molecule has 0 unspecified atom stereocenters. The molecule has 0 spiro atoms. The summed E-state index contributed by atoms with van der Waals surface area (Å²) in [6.07, 6.45) is -2.26. The number of aromatic nitrogens is 3. The maximum atomic E-state index is 14.1. The standard InChI is InChI=1S/C19H16F5N3O2/c1-2-29-17(28)13-9-27-15(25-13)7-6-11-12(10-4-3-5-10)8-14(26-16(11)27)18(20,21)19(22,23)24/h6-10H,2-5H2,1H3. The first-order valence-corrected chi connectivity index (χ1v) is 9.08. The fraction of sp³-hybridized carbons (Fsp3) is 0.421. The van der Waals surface area contributed by atoms with Gasteiger partial charge in [0.15, 0.2) is 5.69 Å². The Hall–Kier alpha value is -2.78. The number of ether oxygens (including phenoxy) is 1. The van der Waals surface area contributed by atoms with E-state index in [0.29, 0.717) is 23.8 Å². The third-order valence-corrected chi connectivity index (χ3v) is 5.14. The van der Waals surface area contributed by atoms with Gasteiger partial charge in [-0.15, -0.1) is 0 Å². The van der Waals surface area contributed by atoms with E-state index in [-0.39, 0.29) is 29.5 Å². The molecule has 5 nitrogen and oxygen atoms in total. The van der Waals surface area contributed by atoms with Gasteiger partial charge in [-0.05, 0) is 49.4 Å². The second-order valence-corrected chi connectivity index (χ2v) is 6.94. The zero-order valence-electron chi connectivity index (χ0n) is 15.3. The van der Waals surface area contributed by atoms with Crippen molar-refractivity contribution in [3.63, 3.8) is 0 Å². The Labute approximate surface area is 161 Å². The topological polar surface area (TPSA) is 56.5 Å². The van der Waals surface area contributed by atoms with Gasteiger partial charge in [-0.1, -0.05) is 6.42 Å². The van der Waals surface area contributed by atoms with Crippen LogP contribution >= 0.6 is 0 Å². The molecule has 0 saturated heterocycles. The summed E-state index contributed by atoms with van der Waals surface area (Å²) in [6, 6.07) is 4.01. The molecular formula is C19H16F5N3O2. The molecule has 0 radical (unpaired) electrons. The predicted molar refractivity (Wildman–Crippen MR) is 93.0 cm³/mol. The van der Waals surface area contributed by atoms with Crippen molar-refractivity contribution in [2.24, 2.45) is 0 Å². The van der Waals surface area contributed by atoms with Crippen molar-refractivity contribution in [1.29, 1.82) is 0 Å². The second kappa shape index (κ2) is 6.64. The molecule has 0 N–H and O–H groups in total. The summed E-state index contributed by atoms with van der Waals surface area (Å²) >= 11 is 0. The summed E-state index contributed by atoms with van der Waals surface area (Å²) in [7, 11) is 0. The third kappa shape index (κ3) is 3.10. The lowest BCUT2D eigenvalue weighted by Crippen LogP contribution is -2.35. The molecular weight excluding hydrogens is 397 g/mol. The highest BCUT2D eigenvalue weighted by Crippen LogP contribution is 2.46. The lowest BCUT2D eigenvalue weighted by molar-refractivity contribution is -0.290. The number of halogens is 5. The molecule has 0 atom stereocenters. The minimum absolute atomic E-state index is 0.0840. The van der Waals surface area contributed by atoms with Gasteiger partial charge < -0.3 is 4.74 Å². The summed E-state index contributed by atoms with van der Waals surface area (Å²) in [5.74, 6) is -5.94. The average molecular weight is 413 g/mol. The molecule has 1 saturated carbocycles. The van der Waals surface area contributed by atoms with Crippen molar-refractivity contribution in [3.05, 3.63) is 41.3 Å². The SMILES string of the molecule is CCOC(=O)c1cn2c(ccc3c(C4CCC4)cc(C(F)(F)C(F)(F)F)nc32)n1. The summed E-state index contributed by atoms with van der Waals surface area (Å²) in [6.45, 7) is 1.72. The van der Waals surface area contributed by atoms with Crippen molar-refractivity contribution in [2.75, 3.05) is 6.61 Å². The molecule has 10 heteroatoms. The number of hydrogen-bond donors (Lipinski definition) is 0. The van der Waals surface area contributed by atoms with Crippen LogP contribution in [0.1, 0.15) is 53.8 Å². The van der Waals surface area contributed by atoms with Gasteiger partial charge in [0.25, 0.3) is 0 Å². The lowest BCUT2D eigenvalue weighted by atomic mass is 9.78. The van der Waals surface area contributed by atoms with Gasteiger partial charge in [0, 0.05) is 11.6 Å². The maximum absolute atomic E-state index is 14.1. The van der Waals surface area contributed by atoms with E-state index < -0.39 is 23.8 Å². The highest BCUT2D eigenvalue weighted by Gasteiger charge is 2.60. The van der Waals surface area contributed by atoms with Crippen LogP contribution in [0.4, 0.5) is 22.0 Å². The van der Waals surface area contributed by atoms with E-state index in [9.17, 15) is 26.7 Å². The van der Waals surface area contributed by atoms with E-state index >= 15 is 0 Å². The van der Waals surface area contributed by atoms with Gasteiger partial charge >= 0.3 is 18.1 Å². The van der Waals surface area contributed by atoms with Crippen LogP contribution in [-0.4, -0.2) is 33.1 Å². The van der Waals surface area contributed by atoms with Crippen LogP contribution in [0.3, 0.4) is 0 Å². The summed E-state index contributed by atoms with van der Waals surface area (Å²) in [4.78, 5) is 19.7. The molecule has 1 aliphatic rings. The Morgan fingerprint density at radius 2 is 1.93 bits per heavy atom. The fourth-order valence-corrected chi connectivity index (χ4v) is 3.42. The third-order valence-electron chi connectivity index (χ3n) is 5.14. The average Bonchev–Trinajstić information content (AvgIpc) is 3.04. The van der Waals surface area contributed by atoms with E-state index in [4.69, 9.17) is 4.74 Å². The monoisotopic (exact) mass is 413 g/mol. The minimum atomic E-state index is -5.77. The molecule has 4 rings (SSSR count). The highest BCUT2D eigenvalue weighted by molar-refractivity contribution is 5.90. The molecule has 1 fully saturated rings. The molecule has 0 amide bonds. The quantitative estimate of drug-likeness (QED) is 0.447. The first-order valence-electron chi connectivity index (χ1n) is 9.08. The molecule has 3 aromatic rings. The molecule has 29 heavy (non-hydrogen) atoms. The van der Waals surface area contributed by atoms with Gasteiger partial charge in [0.2, 0.25) is 0 Å². The van der Waals surface area contributed by atoms with E-state index in [1.165, 1.54) is 10.6 Å². The maximum Gasteiger partial charge on any atom is 0.459 e. The number of imidazole rings is 1. The summed E-state index contributed by atoms with van der Waals surface area (Å²) < 4.78 is 73.3. The molecule has 0 bridgehead atoms. The van der Waals surface area contributed by atoms with Crippen LogP contribution in [-0.2, 0) is 10.7 Å². The number of carbonyl (C=O) groups is 1. The normalized spacial score (nSPS) is 15.7. The summed E-state index contributed by atoms with van der Waals surface area (Å²) in [5, 5.41) is 0.455. The Bertz CT molecular complexity index is 1100. The number of esters is 1. The first-order chi connectivity index (χ1) is 13.6. The van der Waals surface area contributed by atoms with Crippen molar-refractivity contribution < 1.29 is 31.5 Å². The molecule has 0 aliphatic heterocycles. The number of pyridine rings is 2. The minimum Gasteiger partial charge on any atom is -0.461 e.